The van der Waals surface area contributed by atoms with Crippen molar-refractivity contribution in [2.75, 3.05) is 5.32 Å². The second kappa shape index (κ2) is 8.00. The number of nitrogens with zero attached hydrogens (tertiary/aromatic N) is 1. The van der Waals surface area contributed by atoms with Crippen LogP contribution in [-0.2, 0) is 11.3 Å². The molecule has 0 saturated carbocycles. The second-order valence-corrected chi connectivity index (χ2v) is 7.63. The molecule has 0 bridgehead atoms. The zero-order chi connectivity index (χ0) is 19.5. The molecule has 1 heterocycles. The molecule has 4 rings (SSSR count). The molecule has 0 atom stereocenters. The van der Waals surface area contributed by atoms with Crippen LogP contribution in [0, 0.1) is 0 Å². The Balaban J connectivity index is 1.47. The van der Waals surface area contributed by atoms with Crippen molar-refractivity contribution in [3.05, 3.63) is 76.1 Å². The smallest absolute Gasteiger partial charge is 0.308 e. The lowest BCUT2D eigenvalue weighted by Gasteiger charge is -2.07. The maximum atomic E-state index is 11.1. The van der Waals surface area contributed by atoms with E-state index in [9.17, 15) is 4.79 Å². The van der Waals surface area contributed by atoms with Crippen LogP contribution >= 0.6 is 22.9 Å². The highest BCUT2D eigenvalue weighted by Gasteiger charge is 2.08. The van der Waals surface area contributed by atoms with Gasteiger partial charge in [-0.25, -0.2) is 4.98 Å². The molecule has 1 N–H and O–H groups in total. The summed E-state index contributed by atoms with van der Waals surface area (Å²) in [5.41, 5.74) is 2.84. The van der Waals surface area contributed by atoms with Crippen molar-refractivity contribution in [1.29, 1.82) is 0 Å². The summed E-state index contributed by atoms with van der Waals surface area (Å²) >= 11 is 7.86. The Morgan fingerprint density at radius 2 is 1.89 bits per heavy atom. The summed E-state index contributed by atoms with van der Waals surface area (Å²) < 4.78 is 5.13. The highest BCUT2D eigenvalue weighted by molar-refractivity contribution is 7.10. The molecular weight excluding hydrogens is 392 g/mol. The molecule has 0 aliphatic heterocycles. The van der Waals surface area contributed by atoms with E-state index in [-0.39, 0.29) is 5.97 Å². The molecular formula is C22H17ClN2O2S. The van der Waals surface area contributed by atoms with Crippen molar-refractivity contribution >= 4 is 45.4 Å². The Hall–Kier alpha value is -2.89. The first-order valence-electron chi connectivity index (χ1n) is 8.74. The lowest BCUT2D eigenvalue weighted by molar-refractivity contribution is -0.131. The van der Waals surface area contributed by atoms with Gasteiger partial charge in [0.1, 0.15) is 10.8 Å². The standard InChI is InChI=1S/C22H17ClN2O2S/c1-14(26)27-18-9-7-15-10-17(8-6-16(15)11-18)24-12-22-25-21(13-28-22)19-4-2-3-5-20(19)23/h2-11,13,24H,12H2,1H3. The van der Waals surface area contributed by atoms with E-state index in [0.717, 1.165) is 32.7 Å². The molecule has 0 spiro atoms. The molecule has 4 nitrogen and oxygen atoms in total. The van der Waals surface area contributed by atoms with Crippen LogP contribution in [0.5, 0.6) is 5.75 Å². The van der Waals surface area contributed by atoms with Gasteiger partial charge in [-0.05, 0) is 41.1 Å². The number of rotatable bonds is 5. The quantitative estimate of drug-likeness (QED) is 0.317. The van der Waals surface area contributed by atoms with Gasteiger partial charge in [0.25, 0.3) is 0 Å². The average Bonchev–Trinajstić information content (AvgIpc) is 3.15. The van der Waals surface area contributed by atoms with Gasteiger partial charge >= 0.3 is 5.97 Å². The number of hydrogen-bond acceptors (Lipinski definition) is 5. The molecule has 0 fully saturated rings. The number of fused-ring (bicyclic) bond motifs is 1. The molecule has 0 saturated heterocycles. The fourth-order valence-electron chi connectivity index (χ4n) is 2.93. The first kappa shape index (κ1) is 18.5. The van der Waals surface area contributed by atoms with Crippen LogP contribution in [0.2, 0.25) is 5.02 Å². The zero-order valence-electron chi connectivity index (χ0n) is 15.1. The predicted octanol–water partition coefficient (Wildman–Crippen LogP) is 6.15. The van der Waals surface area contributed by atoms with Gasteiger partial charge in [-0.3, -0.25) is 4.79 Å². The minimum absolute atomic E-state index is 0.322. The van der Waals surface area contributed by atoms with Gasteiger partial charge in [0.15, 0.2) is 0 Å². The Bertz CT molecular complexity index is 1160. The van der Waals surface area contributed by atoms with Gasteiger partial charge in [0.2, 0.25) is 0 Å². The van der Waals surface area contributed by atoms with E-state index in [0.29, 0.717) is 17.3 Å². The Kier molecular flexibility index (Phi) is 5.28. The molecule has 0 unspecified atom stereocenters. The molecule has 0 aliphatic carbocycles. The van der Waals surface area contributed by atoms with Crippen LogP contribution in [0.4, 0.5) is 5.69 Å². The number of anilines is 1. The number of halogens is 1. The highest BCUT2D eigenvalue weighted by atomic mass is 35.5. The minimum Gasteiger partial charge on any atom is -0.427 e. The van der Waals surface area contributed by atoms with Crippen molar-refractivity contribution in [1.82, 2.24) is 4.98 Å². The summed E-state index contributed by atoms with van der Waals surface area (Å²) in [6.45, 7) is 2.03. The van der Waals surface area contributed by atoms with Crippen LogP contribution in [0.1, 0.15) is 11.9 Å². The largest absolute Gasteiger partial charge is 0.427 e. The number of esters is 1. The van der Waals surface area contributed by atoms with Crippen molar-refractivity contribution in [2.24, 2.45) is 0 Å². The Labute approximate surface area is 171 Å². The second-order valence-electron chi connectivity index (χ2n) is 6.28. The first-order valence-corrected chi connectivity index (χ1v) is 10.00. The fraction of sp³-hybridized carbons (Fsp3) is 0.0909. The zero-order valence-corrected chi connectivity index (χ0v) is 16.7. The number of hydrogen-bond donors (Lipinski definition) is 1. The van der Waals surface area contributed by atoms with Gasteiger partial charge < -0.3 is 10.1 Å². The topological polar surface area (TPSA) is 51.2 Å². The van der Waals surface area contributed by atoms with Crippen LogP contribution < -0.4 is 10.1 Å². The lowest BCUT2D eigenvalue weighted by Crippen LogP contribution is -2.01. The van der Waals surface area contributed by atoms with Crippen molar-refractivity contribution in [2.45, 2.75) is 13.5 Å². The van der Waals surface area contributed by atoms with E-state index in [4.69, 9.17) is 16.3 Å². The van der Waals surface area contributed by atoms with E-state index in [1.54, 1.807) is 17.4 Å². The number of aromatic nitrogens is 1. The van der Waals surface area contributed by atoms with E-state index in [1.807, 2.05) is 53.9 Å². The van der Waals surface area contributed by atoms with Crippen molar-refractivity contribution < 1.29 is 9.53 Å². The van der Waals surface area contributed by atoms with E-state index < -0.39 is 0 Å². The van der Waals surface area contributed by atoms with E-state index in [1.165, 1.54) is 6.92 Å². The normalized spacial score (nSPS) is 10.8. The highest BCUT2D eigenvalue weighted by Crippen LogP contribution is 2.29. The van der Waals surface area contributed by atoms with Gasteiger partial charge in [0, 0.05) is 28.6 Å². The van der Waals surface area contributed by atoms with Gasteiger partial charge in [-0.2, -0.15) is 0 Å². The van der Waals surface area contributed by atoms with Gasteiger partial charge in [0.05, 0.1) is 12.2 Å². The monoisotopic (exact) mass is 408 g/mol. The molecule has 0 aliphatic rings. The molecule has 28 heavy (non-hydrogen) atoms. The molecule has 1 aromatic heterocycles. The molecule has 6 heteroatoms. The van der Waals surface area contributed by atoms with E-state index >= 15 is 0 Å². The number of benzene rings is 3. The third-order valence-corrected chi connectivity index (χ3v) is 5.40. The molecule has 0 radical (unpaired) electrons. The summed E-state index contributed by atoms with van der Waals surface area (Å²) in [7, 11) is 0. The van der Waals surface area contributed by atoms with Gasteiger partial charge in [-0.1, -0.05) is 41.9 Å². The summed E-state index contributed by atoms with van der Waals surface area (Å²) in [5.74, 6) is 0.229. The van der Waals surface area contributed by atoms with Crippen LogP contribution in [0.15, 0.2) is 66.0 Å². The third-order valence-electron chi connectivity index (χ3n) is 4.22. The number of carbonyl (C=O) groups excluding carboxylic acids is 1. The van der Waals surface area contributed by atoms with Crippen LogP contribution in [0.25, 0.3) is 22.0 Å². The minimum atomic E-state index is -0.322. The number of ether oxygens (including phenoxy) is 1. The fourth-order valence-corrected chi connectivity index (χ4v) is 3.89. The van der Waals surface area contributed by atoms with E-state index in [2.05, 4.69) is 16.4 Å². The molecule has 3 aromatic carbocycles. The van der Waals surface area contributed by atoms with Crippen molar-refractivity contribution in [3.8, 4) is 17.0 Å². The summed E-state index contributed by atoms with van der Waals surface area (Å²) in [6, 6.07) is 19.4. The maximum Gasteiger partial charge on any atom is 0.308 e. The lowest BCUT2D eigenvalue weighted by atomic mass is 10.1. The third kappa shape index (κ3) is 4.16. The Morgan fingerprint density at radius 1 is 1.11 bits per heavy atom. The SMILES string of the molecule is CC(=O)Oc1ccc2cc(NCc3nc(-c4ccccc4Cl)cs3)ccc2c1. The molecule has 140 valence electrons. The number of nitrogens with one attached hydrogen (secondary N) is 1. The summed E-state index contributed by atoms with van der Waals surface area (Å²) in [5, 5.41) is 9.20. The summed E-state index contributed by atoms with van der Waals surface area (Å²) in [4.78, 5) is 15.8. The Morgan fingerprint density at radius 3 is 2.71 bits per heavy atom. The number of carbonyl (C=O) groups is 1. The molecule has 0 amide bonds. The van der Waals surface area contributed by atoms with Crippen molar-refractivity contribution in [3.63, 3.8) is 0 Å². The maximum absolute atomic E-state index is 11.1. The van der Waals surface area contributed by atoms with Crippen LogP contribution in [-0.4, -0.2) is 11.0 Å². The first-order chi connectivity index (χ1) is 13.6. The van der Waals surface area contributed by atoms with Gasteiger partial charge in [-0.15, -0.1) is 11.3 Å². The number of thiazole rings is 1. The van der Waals surface area contributed by atoms with Crippen LogP contribution in [0.3, 0.4) is 0 Å². The average molecular weight is 409 g/mol. The summed E-state index contributed by atoms with van der Waals surface area (Å²) in [6.07, 6.45) is 0. The predicted molar refractivity (Wildman–Crippen MR) is 115 cm³/mol. The molecule has 4 aromatic rings.